The first kappa shape index (κ1) is 14.7. The number of alkyl halides is 4. The average Bonchev–Trinajstić information content (AvgIpc) is 2.29. The highest BCUT2D eigenvalue weighted by Gasteiger charge is 2.39. The molecule has 1 rings (SSSR count). The minimum Gasteiger partial charge on any atom is -0.317 e. The molecule has 0 aliphatic carbocycles. The molecule has 0 aromatic heterocycles. The van der Waals surface area contributed by atoms with Crippen molar-refractivity contribution >= 4 is 0 Å². The van der Waals surface area contributed by atoms with E-state index in [4.69, 9.17) is 0 Å². The lowest BCUT2D eigenvalue weighted by Crippen LogP contribution is -2.39. The van der Waals surface area contributed by atoms with E-state index in [1.54, 1.807) is 0 Å². The second kappa shape index (κ2) is 7.16. The molecule has 0 radical (unpaired) electrons. The van der Waals surface area contributed by atoms with Crippen LogP contribution < -0.4 is 10.6 Å². The van der Waals surface area contributed by atoms with E-state index in [-0.39, 0.29) is 0 Å². The summed E-state index contributed by atoms with van der Waals surface area (Å²) in [4.78, 5) is 0. The summed E-state index contributed by atoms with van der Waals surface area (Å²) < 4.78 is 48.6. The van der Waals surface area contributed by atoms with Gasteiger partial charge in [-0.1, -0.05) is 0 Å². The smallest absolute Gasteiger partial charge is 0.317 e. The van der Waals surface area contributed by atoms with Gasteiger partial charge in [-0.3, -0.25) is 0 Å². The maximum absolute atomic E-state index is 12.5. The van der Waals surface area contributed by atoms with Crippen molar-refractivity contribution in [3.8, 4) is 0 Å². The van der Waals surface area contributed by atoms with Crippen molar-refractivity contribution in [3.63, 3.8) is 0 Å². The van der Waals surface area contributed by atoms with Crippen molar-refractivity contribution in [2.75, 3.05) is 26.2 Å². The van der Waals surface area contributed by atoms with Crippen LogP contribution in [0, 0.1) is 5.92 Å². The molecule has 17 heavy (non-hydrogen) atoms. The zero-order valence-electron chi connectivity index (χ0n) is 9.82. The van der Waals surface area contributed by atoms with Crippen molar-refractivity contribution in [1.82, 2.24) is 10.6 Å². The van der Waals surface area contributed by atoms with Crippen LogP contribution in [0.15, 0.2) is 0 Å². The van der Waals surface area contributed by atoms with Gasteiger partial charge in [0.15, 0.2) is 0 Å². The summed E-state index contributed by atoms with van der Waals surface area (Å²) in [6.45, 7) is 1.48. The zero-order chi connectivity index (χ0) is 12.7. The van der Waals surface area contributed by atoms with Crippen LogP contribution in [0.2, 0.25) is 0 Å². The largest absolute Gasteiger partial charge is 0.319 e. The number of hydrogen-bond acceptors (Lipinski definition) is 2. The molecule has 0 spiro atoms. The van der Waals surface area contributed by atoms with Gasteiger partial charge in [0.2, 0.25) is 0 Å². The van der Waals surface area contributed by atoms with Gasteiger partial charge >= 0.3 is 12.3 Å². The van der Waals surface area contributed by atoms with Gasteiger partial charge < -0.3 is 10.6 Å². The summed E-state index contributed by atoms with van der Waals surface area (Å²) in [5.74, 6) is -3.26. The summed E-state index contributed by atoms with van der Waals surface area (Å²) in [6.07, 6.45) is 0.402. The number of piperidine rings is 1. The predicted octanol–water partition coefficient (Wildman–Crippen LogP) is 2.26. The van der Waals surface area contributed by atoms with E-state index in [9.17, 15) is 17.6 Å². The molecule has 0 unspecified atom stereocenters. The Balaban J connectivity index is 2.00. The Bertz CT molecular complexity index is 206. The molecule has 1 aliphatic heterocycles. The lowest BCUT2D eigenvalue weighted by molar-refractivity contribution is -0.125. The molecule has 0 atom stereocenters. The summed E-state index contributed by atoms with van der Waals surface area (Å²) in [7, 11) is 0. The molecule has 1 aliphatic rings. The fraction of sp³-hybridized carbons (Fsp3) is 1.00. The van der Waals surface area contributed by atoms with Crippen molar-refractivity contribution < 1.29 is 17.6 Å². The molecule has 0 saturated carbocycles. The second-order valence-corrected chi connectivity index (χ2v) is 4.57. The summed E-state index contributed by atoms with van der Waals surface area (Å²) in [6, 6.07) is 0. The molecule has 0 aromatic carbocycles. The first-order chi connectivity index (χ1) is 8.02. The van der Waals surface area contributed by atoms with Gasteiger partial charge in [0, 0.05) is 0 Å². The molecule has 6 heteroatoms. The summed E-state index contributed by atoms with van der Waals surface area (Å²) in [5.41, 5.74) is 0. The predicted molar refractivity (Wildman–Crippen MR) is 58.6 cm³/mol. The van der Waals surface area contributed by atoms with Crippen molar-refractivity contribution in [3.05, 3.63) is 0 Å². The normalized spacial score (nSPS) is 18.9. The molecule has 0 amide bonds. The number of nitrogens with one attached hydrogen (secondary N) is 2. The molecule has 102 valence electrons. The molecular formula is C11H20F4N2. The Kier molecular flexibility index (Phi) is 6.19. The SMILES string of the molecule is FC(F)C(F)(F)CNCCCC1CCNCC1. The topological polar surface area (TPSA) is 24.1 Å². The summed E-state index contributed by atoms with van der Waals surface area (Å²) >= 11 is 0. The molecule has 0 bridgehead atoms. The Labute approximate surface area is 99.1 Å². The van der Waals surface area contributed by atoms with Gasteiger partial charge in [-0.25, -0.2) is 8.78 Å². The van der Waals surface area contributed by atoms with Crippen molar-refractivity contribution in [1.29, 1.82) is 0 Å². The minimum absolute atomic E-state index is 0.381. The van der Waals surface area contributed by atoms with E-state index < -0.39 is 18.9 Å². The van der Waals surface area contributed by atoms with Crippen LogP contribution in [0.4, 0.5) is 17.6 Å². The van der Waals surface area contributed by atoms with Crippen LogP contribution in [0.3, 0.4) is 0 Å². The van der Waals surface area contributed by atoms with Crippen molar-refractivity contribution in [2.45, 2.75) is 38.0 Å². The summed E-state index contributed by atoms with van der Waals surface area (Å²) in [5, 5.41) is 5.65. The maximum Gasteiger partial charge on any atom is 0.319 e. The number of hydrogen-bond donors (Lipinski definition) is 2. The van der Waals surface area contributed by atoms with E-state index in [0.717, 1.165) is 38.8 Å². The Morgan fingerprint density at radius 3 is 2.47 bits per heavy atom. The first-order valence-corrected chi connectivity index (χ1v) is 6.10. The lowest BCUT2D eigenvalue weighted by atomic mass is 9.93. The van der Waals surface area contributed by atoms with E-state index in [0.29, 0.717) is 12.5 Å². The molecule has 2 N–H and O–H groups in total. The van der Waals surface area contributed by atoms with Gasteiger partial charge in [0.1, 0.15) is 0 Å². The molecule has 2 nitrogen and oxygen atoms in total. The van der Waals surface area contributed by atoms with E-state index in [1.165, 1.54) is 0 Å². The van der Waals surface area contributed by atoms with Crippen LogP contribution in [0.25, 0.3) is 0 Å². The van der Waals surface area contributed by atoms with E-state index in [1.807, 2.05) is 0 Å². The fourth-order valence-corrected chi connectivity index (χ4v) is 2.02. The third-order valence-electron chi connectivity index (χ3n) is 3.10. The highest BCUT2D eigenvalue weighted by Crippen LogP contribution is 2.21. The van der Waals surface area contributed by atoms with Crippen LogP contribution in [-0.2, 0) is 0 Å². The first-order valence-electron chi connectivity index (χ1n) is 6.10. The Morgan fingerprint density at radius 1 is 1.24 bits per heavy atom. The van der Waals surface area contributed by atoms with Crippen LogP contribution in [0.1, 0.15) is 25.7 Å². The quantitative estimate of drug-likeness (QED) is 0.539. The fourth-order valence-electron chi connectivity index (χ4n) is 2.02. The molecule has 1 saturated heterocycles. The number of rotatable bonds is 7. The van der Waals surface area contributed by atoms with Crippen LogP contribution in [0.5, 0.6) is 0 Å². The average molecular weight is 256 g/mol. The Hall–Kier alpha value is -0.360. The third kappa shape index (κ3) is 5.68. The second-order valence-electron chi connectivity index (χ2n) is 4.57. The zero-order valence-corrected chi connectivity index (χ0v) is 9.82. The van der Waals surface area contributed by atoms with Crippen LogP contribution in [-0.4, -0.2) is 38.5 Å². The van der Waals surface area contributed by atoms with Crippen LogP contribution >= 0.6 is 0 Å². The van der Waals surface area contributed by atoms with E-state index in [2.05, 4.69) is 10.6 Å². The van der Waals surface area contributed by atoms with Gasteiger partial charge in [-0.2, -0.15) is 8.78 Å². The minimum atomic E-state index is -3.91. The van der Waals surface area contributed by atoms with Gasteiger partial charge in [0.25, 0.3) is 0 Å². The molecular weight excluding hydrogens is 236 g/mol. The Morgan fingerprint density at radius 2 is 1.88 bits per heavy atom. The van der Waals surface area contributed by atoms with E-state index >= 15 is 0 Å². The third-order valence-corrected chi connectivity index (χ3v) is 3.10. The highest BCUT2D eigenvalue weighted by atomic mass is 19.3. The van der Waals surface area contributed by atoms with Gasteiger partial charge in [-0.15, -0.1) is 0 Å². The van der Waals surface area contributed by atoms with Gasteiger partial charge in [-0.05, 0) is 51.2 Å². The molecule has 0 aromatic rings. The highest BCUT2D eigenvalue weighted by molar-refractivity contribution is 4.73. The molecule has 1 heterocycles. The van der Waals surface area contributed by atoms with Crippen molar-refractivity contribution in [2.24, 2.45) is 5.92 Å². The number of halogens is 4. The van der Waals surface area contributed by atoms with Gasteiger partial charge in [0.05, 0.1) is 6.54 Å². The monoisotopic (exact) mass is 256 g/mol. The lowest BCUT2D eigenvalue weighted by Gasteiger charge is -2.22. The molecule has 1 fully saturated rings. The maximum atomic E-state index is 12.5. The standard InChI is InChI=1S/C11H20F4N2/c12-10(13)11(14,15)8-17-5-1-2-9-3-6-16-7-4-9/h9-10,16-17H,1-8H2.